The maximum Gasteiger partial charge on any atom is 0.313 e. The molecule has 0 radical (unpaired) electrons. The van der Waals surface area contributed by atoms with Crippen molar-refractivity contribution >= 4 is 34.1 Å². The van der Waals surface area contributed by atoms with Gasteiger partial charge in [-0.05, 0) is 66.5 Å². The van der Waals surface area contributed by atoms with Crippen molar-refractivity contribution < 1.29 is 9.59 Å². The summed E-state index contributed by atoms with van der Waals surface area (Å²) in [6, 6.07) is 8.85. The number of hydrogen-bond donors (Lipinski definition) is 3. The van der Waals surface area contributed by atoms with Crippen molar-refractivity contribution in [1.29, 1.82) is 0 Å². The molecule has 1 unspecified atom stereocenters. The third-order valence-electron chi connectivity index (χ3n) is 5.83. The van der Waals surface area contributed by atoms with Crippen molar-refractivity contribution in [2.75, 3.05) is 17.6 Å². The van der Waals surface area contributed by atoms with Crippen molar-refractivity contribution in [2.45, 2.75) is 32.7 Å². The van der Waals surface area contributed by atoms with E-state index in [-0.39, 0.29) is 17.5 Å². The number of anilines is 2. The average Bonchev–Trinajstić information content (AvgIpc) is 2.75. The van der Waals surface area contributed by atoms with E-state index in [4.69, 9.17) is 5.73 Å². The lowest BCUT2D eigenvalue weighted by molar-refractivity contribution is -0.146. The Labute approximate surface area is 179 Å². The van der Waals surface area contributed by atoms with Gasteiger partial charge in [-0.2, -0.15) is 0 Å². The molecule has 0 saturated carbocycles. The van der Waals surface area contributed by atoms with Crippen molar-refractivity contribution in [1.82, 2.24) is 14.9 Å². The molecule has 0 aliphatic carbocycles. The molecule has 2 atom stereocenters. The Hall–Kier alpha value is -3.68. The summed E-state index contributed by atoms with van der Waals surface area (Å²) in [5.41, 5.74) is 7.63. The van der Waals surface area contributed by atoms with E-state index in [1.54, 1.807) is 30.2 Å². The van der Waals surface area contributed by atoms with E-state index >= 15 is 0 Å². The fourth-order valence-corrected chi connectivity index (χ4v) is 4.11. The predicted octanol–water partition coefficient (Wildman–Crippen LogP) is 2.75. The van der Waals surface area contributed by atoms with Gasteiger partial charge in [-0.25, -0.2) is 4.98 Å². The van der Waals surface area contributed by atoms with Crippen LogP contribution in [0.4, 0.5) is 11.5 Å². The molecule has 1 fully saturated rings. The number of piperidine rings is 1. The van der Waals surface area contributed by atoms with Gasteiger partial charge in [0.2, 0.25) is 0 Å². The zero-order chi connectivity index (χ0) is 22.1. The van der Waals surface area contributed by atoms with Crippen LogP contribution < -0.4 is 16.6 Å². The molecule has 4 N–H and O–H groups in total. The highest BCUT2D eigenvalue weighted by molar-refractivity contribution is 6.39. The molecule has 0 spiro atoms. The number of nitrogens with one attached hydrogen (secondary N) is 2. The fourth-order valence-electron chi connectivity index (χ4n) is 4.11. The van der Waals surface area contributed by atoms with Crippen LogP contribution in [0.25, 0.3) is 10.8 Å². The van der Waals surface area contributed by atoms with Crippen LogP contribution in [0.2, 0.25) is 0 Å². The van der Waals surface area contributed by atoms with E-state index in [9.17, 15) is 14.4 Å². The number of aromatic nitrogens is 2. The molecule has 0 bridgehead atoms. The maximum absolute atomic E-state index is 13.1. The first-order valence-corrected chi connectivity index (χ1v) is 10.3. The van der Waals surface area contributed by atoms with Gasteiger partial charge in [0.05, 0.1) is 17.9 Å². The first-order chi connectivity index (χ1) is 14.8. The molecule has 3 heterocycles. The Bertz CT molecular complexity index is 1220. The lowest BCUT2D eigenvalue weighted by Crippen LogP contribution is -2.46. The second-order valence-electron chi connectivity index (χ2n) is 8.19. The number of carbonyl (C=O) groups is 2. The summed E-state index contributed by atoms with van der Waals surface area (Å²) in [5, 5.41) is 4.04. The molecule has 1 aliphatic heterocycles. The number of pyridine rings is 2. The van der Waals surface area contributed by atoms with Crippen LogP contribution in [0.15, 0.2) is 47.5 Å². The molecular weight excluding hydrogens is 394 g/mol. The van der Waals surface area contributed by atoms with Crippen molar-refractivity contribution in [2.24, 2.45) is 5.92 Å². The minimum atomic E-state index is -0.706. The number of amides is 2. The molecule has 160 valence electrons. The van der Waals surface area contributed by atoms with Crippen molar-refractivity contribution in [3.63, 3.8) is 0 Å². The maximum atomic E-state index is 13.1. The van der Waals surface area contributed by atoms with E-state index in [2.05, 4.69) is 22.2 Å². The van der Waals surface area contributed by atoms with Crippen LogP contribution in [0.3, 0.4) is 0 Å². The summed E-state index contributed by atoms with van der Waals surface area (Å²) in [6.07, 6.45) is 4.74. The number of rotatable bonds is 2. The molecule has 31 heavy (non-hydrogen) atoms. The first kappa shape index (κ1) is 20.6. The number of carbonyl (C=O) groups excluding carboxylic acids is 2. The van der Waals surface area contributed by atoms with Gasteiger partial charge < -0.3 is 20.9 Å². The Morgan fingerprint density at radius 2 is 2.03 bits per heavy atom. The van der Waals surface area contributed by atoms with E-state index in [1.807, 2.05) is 18.2 Å². The van der Waals surface area contributed by atoms with Gasteiger partial charge in [0, 0.05) is 18.1 Å². The van der Waals surface area contributed by atoms with Crippen LogP contribution in [0.1, 0.15) is 36.9 Å². The predicted molar refractivity (Wildman–Crippen MR) is 119 cm³/mol. The zero-order valence-electron chi connectivity index (χ0n) is 17.5. The van der Waals surface area contributed by atoms with E-state index in [0.717, 1.165) is 29.4 Å². The van der Waals surface area contributed by atoms with E-state index < -0.39 is 11.8 Å². The summed E-state index contributed by atoms with van der Waals surface area (Å²) >= 11 is 0. The lowest BCUT2D eigenvalue weighted by Gasteiger charge is -2.38. The van der Waals surface area contributed by atoms with E-state index in [1.165, 1.54) is 6.20 Å². The van der Waals surface area contributed by atoms with Crippen molar-refractivity contribution in [3.8, 4) is 0 Å². The molecule has 1 saturated heterocycles. The number of benzene rings is 1. The van der Waals surface area contributed by atoms with Gasteiger partial charge in [-0.3, -0.25) is 14.4 Å². The number of nitrogen functional groups attached to an aromatic ring is 1. The second kappa shape index (κ2) is 8.22. The fraction of sp³-hybridized carbons (Fsp3) is 0.304. The van der Waals surface area contributed by atoms with Crippen LogP contribution in [0.5, 0.6) is 0 Å². The minimum Gasteiger partial charge on any atom is -0.383 e. The van der Waals surface area contributed by atoms with Gasteiger partial charge in [-0.15, -0.1) is 0 Å². The molecule has 1 aliphatic rings. The topological polar surface area (TPSA) is 121 Å². The molecule has 2 aromatic heterocycles. The molecule has 8 heteroatoms. The quantitative estimate of drug-likeness (QED) is 0.552. The number of hydrogen-bond acceptors (Lipinski definition) is 5. The zero-order valence-corrected chi connectivity index (χ0v) is 17.5. The third kappa shape index (κ3) is 4.14. The molecule has 2 amide bonds. The first-order valence-electron chi connectivity index (χ1n) is 10.3. The normalized spacial score (nSPS) is 18.7. The smallest absolute Gasteiger partial charge is 0.313 e. The summed E-state index contributed by atoms with van der Waals surface area (Å²) < 4.78 is 0. The Morgan fingerprint density at radius 3 is 2.81 bits per heavy atom. The number of aromatic amines is 1. The van der Waals surface area contributed by atoms with E-state index in [0.29, 0.717) is 23.4 Å². The number of fused-ring (bicyclic) bond motifs is 1. The number of nitrogens with zero attached hydrogens (tertiary/aromatic N) is 2. The number of aryl methyl sites for hydroxylation is 1. The van der Waals surface area contributed by atoms with Gasteiger partial charge in [0.15, 0.2) is 0 Å². The highest BCUT2D eigenvalue weighted by Crippen LogP contribution is 2.34. The molecular formula is C23H25N5O3. The Kier molecular flexibility index (Phi) is 5.46. The molecule has 3 aromatic rings. The second-order valence-corrected chi connectivity index (χ2v) is 8.19. The van der Waals surface area contributed by atoms with Crippen molar-refractivity contribution in [3.05, 3.63) is 64.2 Å². The summed E-state index contributed by atoms with van der Waals surface area (Å²) in [7, 11) is 0. The molecule has 1 aromatic carbocycles. The summed E-state index contributed by atoms with van der Waals surface area (Å²) in [4.78, 5) is 46.2. The monoisotopic (exact) mass is 419 g/mol. The van der Waals surface area contributed by atoms with Gasteiger partial charge in [0.1, 0.15) is 5.82 Å². The number of H-pyrrole nitrogens is 1. The van der Waals surface area contributed by atoms with Crippen LogP contribution >= 0.6 is 0 Å². The molecule has 4 rings (SSSR count). The van der Waals surface area contributed by atoms with Crippen LogP contribution in [0, 0.1) is 12.8 Å². The summed E-state index contributed by atoms with van der Waals surface area (Å²) in [6.45, 7) is 4.35. The van der Waals surface area contributed by atoms with Gasteiger partial charge in [-0.1, -0.05) is 13.0 Å². The Balaban J connectivity index is 1.61. The number of nitrogens with two attached hydrogens (primary N) is 1. The van der Waals surface area contributed by atoms with Gasteiger partial charge >= 0.3 is 11.8 Å². The molecule has 8 nitrogen and oxygen atoms in total. The third-order valence-corrected chi connectivity index (χ3v) is 5.83. The minimum absolute atomic E-state index is 0.152. The van der Waals surface area contributed by atoms with Crippen LogP contribution in [-0.2, 0) is 9.59 Å². The van der Waals surface area contributed by atoms with Gasteiger partial charge in [0.25, 0.3) is 5.56 Å². The lowest BCUT2D eigenvalue weighted by atomic mass is 9.89. The largest absolute Gasteiger partial charge is 0.383 e. The number of likely N-dealkylation sites (tertiary alicyclic amines) is 1. The standard InChI is InChI=1S/C23H25N5O3/c1-13-3-6-19(16-4-5-18-15(10-16)7-8-25-21(18)29)28(12-13)23(31)22(30)27-17-9-14(2)20(24)26-11-17/h4-5,7-11,13,19H,3,6,12H2,1-2H3,(H2,24,26)(H,25,29)(H,27,30)/t13-,19?/m0/s1. The average molecular weight is 419 g/mol. The summed E-state index contributed by atoms with van der Waals surface area (Å²) in [5.74, 6) is -0.625. The highest BCUT2D eigenvalue weighted by atomic mass is 16.2. The van der Waals surface area contributed by atoms with Crippen LogP contribution in [-0.4, -0.2) is 33.2 Å². The Morgan fingerprint density at radius 1 is 1.23 bits per heavy atom. The highest BCUT2D eigenvalue weighted by Gasteiger charge is 2.34. The SMILES string of the molecule is Cc1cc(NC(=O)C(=O)N2C[C@@H](C)CCC2c2ccc3c(=O)[nH]ccc3c2)cnc1N.